The minimum Gasteiger partial charge on any atom is -0.340 e. The second kappa shape index (κ2) is 7.98. The molecule has 2 amide bonds. The fourth-order valence-electron chi connectivity index (χ4n) is 4.70. The first-order valence-corrected chi connectivity index (χ1v) is 10.3. The Kier molecular flexibility index (Phi) is 5.45. The van der Waals surface area contributed by atoms with Crippen LogP contribution in [0.2, 0.25) is 0 Å². The van der Waals surface area contributed by atoms with E-state index in [0.717, 1.165) is 51.0 Å². The molecule has 0 radical (unpaired) electrons. The average Bonchev–Trinajstić information content (AvgIpc) is 3.28. The van der Waals surface area contributed by atoms with E-state index >= 15 is 0 Å². The molecule has 27 heavy (non-hydrogen) atoms. The number of carbonyl (C=O) groups is 2. The maximum absolute atomic E-state index is 12.7. The highest BCUT2D eigenvalue weighted by Gasteiger charge is 2.30. The molecule has 2 fully saturated rings. The van der Waals surface area contributed by atoms with Gasteiger partial charge in [0.25, 0.3) is 0 Å². The number of anilines is 1. The maximum Gasteiger partial charge on any atom is 0.241 e. The van der Waals surface area contributed by atoms with Crippen molar-refractivity contribution in [2.75, 3.05) is 44.2 Å². The number of piperazine rings is 1. The van der Waals surface area contributed by atoms with Crippen molar-refractivity contribution >= 4 is 17.5 Å². The summed E-state index contributed by atoms with van der Waals surface area (Å²) in [6, 6.07) is 8.34. The number of carbonyl (C=O) groups excluding carboxylic acids is 2. The molecule has 2 aliphatic heterocycles. The zero-order valence-electron chi connectivity index (χ0n) is 16.0. The Labute approximate surface area is 161 Å². The molecule has 0 aromatic heterocycles. The van der Waals surface area contributed by atoms with E-state index in [0.29, 0.717) is 32.0 Å². The molecule has 1 aliphatic carbocycles. The monoisotopic (exact) mass is 370 g/mol. The van der Waals surface area contributed by atoms with Gasteiger partial charge in [-0.1, -0.05) is 24.6 Å². The van der Waals surface area contributed by atoms with E-state index in [2.05, 4.69) is 11.0 Å². The second-order valence-electron chi connectivity index (χ2n) is 8.14. The predicted molar refractivity (Wildman–Crippen MR) is 105 cm³/mol. The van der Waals surface area contributed by atoms with Crippen LogP contribution in [0.3, 0.4) is 0 Å². The minimum atomic E-state index is 0.164. The largest absolute Gasteiger partial charge is 0.340 e. The molecule has 2 heterocycles. The molecule has 1 saturated carbocycles. The van der Waals surface area contributed by atoms with Crippen molar-refractivity contribution in [1.29, 1.82) is 0 Å². The van der Waals surface area contributed by atoms with Crippen molar-refractivity contribution < 1.29 is 9.59 Å². The summed E-state index contributed by atoms with van der Waals surface area (Å²) in [5.74, 6) is 0.751. The van der Waals surface area contributed by atoms with Gasteiger partial charge in [0, 0.05) is 50.9 Å². The van der Waals surface area contributed by atoms with Crippen LogP contribution in [-0.2, 0) is 16.0 Å². The van der Waals surface area contributed by atoms with Crippen LogP contribution in [0.1, 0.15) is 31.2 Å². The normalized spacial score (nSPS) is 25.7. The molecule has 6 heteroatoms. The van der Waals surface area contributed by atoms with Crippen LogP contribution in [0.25, 0.3) is 0 Å². The lowest BCUT2D eigenvalue weighted by molar-refractivity contribution is -0.134. The standard InChI is InChI=1S/C21H30N4O2/c22-18-6-3-5-17(18)14-20(26)24-12-10-23(11-13-24)15-21(27)25-9-8-16-4-1-2-7-19(16)25/h1-2,4,7,17-18H,3,5-6,8-15,22H2/t17-,18+/m0/s1. The third-order valence-electron chi connectivity index (χ3n) is 6.43. The van der Waals surface area contributed by atoms with E-state index < -0.39 is 0 Å². The van der Waals surface area contributed by atoms with Gasteiger partial charge in [-0.15, -0.1) is 0 Å². The smallest absolute Gasteiger partial charge is 0.241 e. The molecule has 1 saturated heterocycles. The zero-order chi connectivity index (χ0) is 18.8. The lowest BCUT2D eigenvalue weighted by atomic mass is 9.99. The summed E-state index contributed by atoms with van der Waals surface area (Å²) in [5.41, 5.74) is 8.42. The Morgan fingerprint density at radius 2 is 1.78 bits per heavy atom. The van der Waals surface area contributed by atoms with Crippen LogP contribution in [0.15, 0.2) is 24.3 Å². The number of nitrogens with zero attached hydrogens (tertiary/aromatic N) is 3. The van der Waals surface area contributed by atoms with E-state index in [1.165, 1.54) is 5.56 Å². The Hall–Kier alpha value is -1.92. The minimum absolute atomic E-state index is 0.164. The summed E-state index contributed by atoms with van der Waals surface area (Å²) in [5, 5.41) is 0. The number of para-hydroxylation sites is 1. The van der Waals surface area contributed by atoms with Crippen LogP contribution in [0.4, 0.5) is 5.69 Å². The van der Waals surface area contributed by atoms with Crippen molar-refractivity contribution in [3.63, 3.8) is 0 Å². The third-order valence-corrected chi connectivity index (χ3v) is 6.43. The summed E-state index contributed by atoms with van der Waals surface area (Å²) in [6.45, 7) is 4.17. The molecule has 0 bridgehead atoms. The van der Waals surface area contributed by atoms with Gasteiger partial charge in [-0.2, -0.15) is 0 Å². The molecule has 2 atom stereocenters. The van der Waals surface area contributed by atoms with Gasteiger partial charge in [-0.3, -0.25) is 14.5 Å². The van der Waals surface area contributed by atoms with Crippen molar-refractivity contribution in [3.8, 4) is 0 Å². The van der Waals surface area contributed by atoms with E-state index in [1.54, 1.807) is 0 Å². The second-order valence-corrected chi connectivity index (χ2v) is 8.14. The lowest BCUT2D eigenvalue weighted by Crippen LogP contribution is -2.52. The number of benzene rings is 1. The zero-order valence-corrected chi connectivity index (χ0v) is 16.0. The molecule has 0 unspecified atom stereocenters. The van der Waals surface area contributed by atoms with E-state index in [1.807, 2.05) is 28.0 Å². The van der Waals surface area contributed by atoms with Crippen LogP contribution < -0.4 is 10.6 Å². The van der Waals surface area contributed by atoms with Gasteiger partial charge in [0.2, 0.25) is 11.8 Å². The first-order chi connectivity index (χ1) is 13.1. The van der Waals surface area contributed by atoms with Gasteiger partial charge >= 0.3 is 0 Å². The summed E-state index contributed by atoms with van der Waals surface area (Å²) >= 11 is 0. The van der Waals surface area contributed by atoms with Crippen molar-refractivity contribution in [1.82, 2.24) is 9.80 Å². The highest BCUT2D eigenvalue weighted by molar-refractivity contribution is 5.96. The Balaban J connectivity index is 1.25. The lowest BCUT2D eigenvalue weighted by Gasteiger charge is -2.35. The summed E-state index contributed by atoms with van der Waals surface area (Å²) in [6.07, 6.45) is 4.80. The van der Waals surface area contributed by atoms with Gasteiger partial charge in [0.15, 0.2) is 0 Å². The van der Waals surface area contributed by atoms with E-state index in [-0.39, 0.29) is 17.9 Å². The molecule has 2 N–H and O–H groups in total. The summed E-state index contributed by atoms with van der Waals surface area (Å²) < 4.78 is 0. The van der Waals surface area contributed by atoms with Crippen LogP contribution in [-0.4, -0.2) is 66.9 Å². The highest BCUT2D eigenvalue weighted by Crippen LogP contribution is 2.28. The van der Waals surface area contributed by atoms with Gasteiger partial charge in [-0.05, 0) is 36.8 Å². The van der Waals surface area contributed by atoms with E-state index in [4.69, 9.17) is 5.73 Å². The molecule has 4 rings (SSSR count). The molecule has 1 aromatic carbocycles. The van der Waals surface area contributed by atoms with Gasteiger partial charge in [-0.25, -0.2) is 0 Å². The molecule has 0 spiro atoms. The predicted octanol–water partition coefficient (Wildman–Crippen LogP) is 1.24. The molecular weight excluding hydrogens is 340 g/mol. The van der Waals surface area contributed by atoms with Crippen molar-refractivity contribution in [2.45, 2.75) is 38.1 Å². The Bertz CT molecular complexity index is 699. The maximum atomic E-state index is 12.7. The highest BCUT2D eigenvalue weighted by atomic mass is 16.2. The van der Waals surface area contributed by atoms with Crippen LogP contribution >= 0.6 is 0 Å². The van der Waals surface area contributed by atoms with E-state index in [9.17, 15) is 9.59 Å². The Morgan fingerprint density at radius 3 is 2.52 bits per heavy atom. The SMILES string of the molecule is N[C@@H]1CCC[C@H]1CC(=O)N1CCN(CC(=O)N2CCc3ccccc32)CC1. The molecule has 3 aliphatic rings. The van der Waals surface area contributed by atoms with Gasteiger partial charge in [0.05, 0.1) is 6.54 Å². The van der Waals surface area contributed by atoms with Crippen molar-refractivity contribution in [3.05, 3.63) is 29.8 Å². The van der Waals surface area contributed by atoms with Crippen molar-refractivity contribution in [2.24, 2.45) is 11.7 Å². The molecule has 1 aromatic rings. The molecular formula is C21H30N4O2. The number of fused-ring (bicyclic) bond motifs is 1. The van der Waals surface area contributed by atoms with Gasteiger partial charge < -0.3 is 15.5 Å². The first kappa shape index (κ1) is 18.4. The fraction of sp³-hybridized carbons (Fsp3) is 0.619. The third kappa shape index (κ3) is 4.01. The van der Waals surface area contributed by atoms with Crippen LogP contribution in [0, 0.1) is 5.92 Å². The quantitative estimate of drug-likeness (QED) is 0.866. The fourth-order valence-corrected chi connectivity index (χ4v) is 4.70. The number of rotatable bonds is 4. The van der Waals surface area contributed by atoms with Crippen LogP contribution in [0.5, 0.6) is 0 Å². The number of amides is 2. The summed E-state index contributed by atoms with van der Waals surface area (Å²) in [7, 11) is 0. The average molecular weight is 370 g/mol. The molecule has 146 valence electrons. The summed E-state index contributed by atoms with van der Waals surface area (Å²) in [4.78, 5) is 31.3. The number of hydrogen-bond acceptors (Lipinski definition) is 4. The number of hydrogen-bond donors (Lipinski definition) is 1. The Morgan fingerprint density at radius 1 is 1.00 bits per heavy atom. The molecule has 6 nitrogen and oxygen atoms in total. The first-order valence-electron chi connectivity index (χ1n) is 10.3. The topological polar surface area (TPSA) is 69.9 Å². The van der Waals surface area contributed by atoms with Gasteiger partial charge in [0.1, 0.15) is 0 Å². The number of nitrogens with two attached hydrogens (primary N) is 1.